The fraction of sp³-hybridized carbons (Fsp3) is 0.388. The summed E-state index contributed by atoms with van der Waals surface area (Å²) in [5.41, 5.74) is 5.17. The SMILES string of the molecule is CNC(=O)c1ccccc1Nc1nc(Nc2ccc(N3CCN(C(=O)N[C@H]4CC[C@@H](NCCOCCC#Cc5ccc6c(c5)CN(C5CCC(=O)NC5=O)C6=O)CC4)CC3)cc2)ncc1C#N. The van der Waals surface area contributed by atoms with Crippen LogP contribution < -0.4 is 36.8 Å². The van der Waals surface area contributed by atoms with E-state index in [1.54, 1.807) is 37.4 Å². The van der Waals surface area contributed by atoms with E-state index in [4.69, 9.17) is 4.74 Å². The molecule has 2 saturated heterocycles. The first-order chi connectivity index (χ1) is 32.6. The Bertz CT molecular complexity index is 2590. The minimum Gasteiger partial charge on any atom is -0.379 e. The van der Waals surface area contributed by atoms with Gasteiger partial charge in [0.1, 0.15) is 17.7 Å². The smallest absolute Gasteiger partial charge is 0.317 e. The van der Waals surface area contributed by atoms with E-state index in [1.807, 2.05) is 41.3 Å². The number of nitrogens with zero attached hydrogens (tertiary/aromatic N) is 6. The van der Waals surface area contributed by atoms with Gasteiger partial charge in [0.05, 0.1) is 30.7 Å². The molecule has 1 atom stereocenters. The van der Waals surface area contributed by atoms with E-state index in [9.17, 15) is 29.2 Å². The van der Waals surface area contributed by atoms with Crippen LogP contribution in [0.25, 0.3) is 0 Å². The van der Waals surface area contributed by atoms with Crippen molar-refractivity contribution >= 4 is 58.5 Å². The van der Waals surface area contributed by atoms with Gasteiger partial charge in [-0.15, -0.1) is 0 Å². The van der Waals surface area contributed by atoms with E-state index in [2.05, 4.69) is 64.7 Å². The van der Waals surface area contributed by atoms with Crippen molar-refractivity contribution in [2.75, 3.05) is 68.5 Å². The van der Waals surface area contributed by atoms with Crippen LogP contribution >= 0.6 is 0 Å². The first-order valence-corrected chi connectivity index (χ1v) is 22.8. The highest BCUT2D eigenvalue weighted by molar-refractivity contribution is 6.05. The van der Waals surface area contributed by atoms with Crippen molar-refractivity contribution in [3.05, 3.63) is 101 Å². The summed E-state index contributed by atoms with van der Waals surface area (Å²) in [4.78, 5) is 76.9. The number of hydrogen-bond donors (Lipinski definition) is 6. The fourth-order valence-electron chi connectivity index (χ4n) is 8.81. The molecule has 1 aliphatic carbocycles. The third-order valence-corrected chi connectivity index (χ3v) is 12.5. The highest BCUT2D eigenvalue weighted by atomic mass is 16.5. The summed E-state index contributed by atoms with van der Waals surface area (Å²) in [5, 5.41) is 27.8. The van der Waals surface area contributed by atoms with E-state index in [-0.39, 0.29) is 53.5 Å². The zero-order chi connectivity index (χ0) is 46.7. The van der Waals surface area contributed by atoms with Gasteiger partial charge in [-0.2, -0.15) is 10.2 Å². The Hall–Kier alpha value is -7.54. The molecule has 3 aromatic carbocycles. The Morgan fingerprint density at radius 3 is 2.45 bits per heavy atom. The maximum absolute atomic E-state index is 13.2. The van der Waals surface area contributed by atoms with Gasteiger partial charge in [0.15, 0.2) is 5.82 Å². The van der Waals surface area contributed by atoms with Crippen molar-refractivity contribution < 1.29 is 28.7 Å². The van der Waals surface area contributed by atoms with Crippen LogP contribution in [-0.2, 0) is 20.9 Å². The molecule has 8 rings (SSSR count). The van der Waals surface area contributed by atoms with Crippen molar-refractivity contribution in [1.82, 2.24) is 41.0 Å². The van der Waals surface area contributed by atoms with E-state index >= 15 is 0 Å². The summed E-state index contributed by atoms with van der Waals surface area (Å²) in [6.45, 7) is 4.81. The molecule has 0 spiro atoms. The third-order valence-electron chi connectivity index (χ3n) is 12.5. The molecule has 67 heavy (non-hydrogen) atoms. The number of anilines is 5. The lowest BCUT2D eigenvalue weighted by Crippen LogP contribution is -2.54. The number of para-hydroxylation sites is 1. The average molecular weight is 907 g/mol. The number of carbonyl (C=O) groups excluding carboxylic acids is 5. The largest absolute Gasteiger partial charge is 0.379 e. The number of piperazine rings is 1. The standard InChI is InChI=1S/C49H54N12O6/c1-51-45(63)40-7-2-3-8-41(40)56-44-34(29-50)30-53-48(58-44)54-36-14-16-38(17-15-36)59-22-24-60(25-23-59)49(66)55-37-12-10-35(11-13-37)52-21-27-67-26-5-4-6-32-9-18-39-33(28-32)31-61(47(39)65)42-19-20-43(62)57-46(42)64/h2-3,7-9,14-18,28,30,35,37,42,52H,5,10-13,19-27,31H2,1H3,(H,51,63)(H,55,66)(H,57,62,64)(H2,53,54,56,58)/t35-,37+,42?. The summed E-state index contributed by atoms with van der Waals surface area (Å²) >= 11 is 0. The summed E-state index contributed by atoms with van der Waals surface area (Å²) in [7, 11) is 1.56. The van der Waals surface area contributed by atoms with Crippen LogP contribution in [0.2, 0.25) is 0 Å². The van der Waals surface area contributed by atoms with Crippen LogP contribution in [0.3, 0.4) is 0 Å². The number of piperidine rings is 1. The number of ether oxygens (including phenoxy) is 1. The summed E-state index contributed by atoms with van der Waals surface area (Å²) in [5.74, 6) is 5.68. The number of urea groups is 1. The van der Waals surface area contributed by atoms with Gasteiger partial charge in [-0.05, 0) is 92.3 Å². The molecule has 4 aliphatic rings. The Balaban J connectivity index is 0.693. The monoisotopic (exact) mass is 906 g/mol. The van der Waals surface area contributed by atoms with Gasteiger partial charge in [-0.25, -0.2) is 9.78 Å². The van der Waals surface area contributed by atoms with E-state index in [1.165, 1.54) is 11.1 Å². The summed E-state index contributed by atoms with van der Waals surface area (Å²) < 4.78 is 5.82. The number of rotatable bonds is 14. The second kappa shape index (κ2) is 21.6. The number of hydrogen-bond acceptors (Lipinski definition) is 13. The van der Waals surface area contributed by atoms with Crippen molar-refractivity contribution in [1.29, 1.82) is 5.26 Å². The van der Waals surface area contributed by atoms with Gasteiger partial charge in [0.25, 0.3) is 11.8 Å². The highest BCUT2D eigenvalue weighted by Gasteiger charge is 2.39. The Kier molecular flexibility index (Phi) is 14.9. The molecule has 3 aliphatic heterocycles. The van der Waals surface area contributed by atoms with E-state index in [0.29, 0.717) is 81.6 Å². The number of fused-ring (bicyclic) bond motifs is 1. The quantitative estimate of drug-likeness (QED) is 0.0595. The van der Waals surface area contributed by atoms with Crippen LogP contribution in [0.4, 0.5) is 33.6 Å². The zero-order valence-electron chi connectivity index (χ0n) is 37.4. The minimum atomic E-state index is -0.637. The lowest BCUT2D eigenvalue weighted by molar-refractivity contribution is -0.136. The topological polar surface area (TPSA) is 226 Å². The molecule has 1 saturated carbocycles. The summed E-state index contributed by atoms with van der Waals surface area (Å²) in [6, 6.07) is 22.3. The van der Waals surface area contributed by atoms with Crippen LogP contribution in [0, 0.1) is 23.2 Å². The molecule has 1 unspecified atom stereocenters. The number of amides is 6. The molecular formula is C49H54N12O6. The fourth-order valence-corrected chi connectivity index (χ4v) is 8.81. The van der Waals surface area contributed by atoms with Crippen LogP contribution in [-0.4, -0.2) is 121 Å². The molecule has 18 heteroatoms. The molecule has 0 bridgehead atoms. The normalized spacial score (nSPS) is 19.1. The van der Waals surface area contributed by atoms with Crippen molar-refractivity contribution in [3.8, 4) is 17.9 Å². The number of nitriles is 1. The predicted molar refractivity (Wildman–Crippen MR) is 251 cm³/mol. The number of carbonyl (C=O) groups is 5. The zero-order valence-corrected chi connectivity index (χ0v) is 37.4. The first-order valence-electron chi connectivity index (χ1n) is 22.8. The highest BCUT2D eigenvalue weighted by Crippen LogP contribution is 2.29. The third kappa shape index (κ3) is 11.5. The van der Waals surface area contributed by atoms with Crippen LogP contribution in [0.15, 0.2) is 72.9 Å². The molecular weight excluding hydrogens is 853 g/mol. The predicted octanol–water partition coefficient (Wildman–Crippen LogP) is 4.15. The van der Waals surface area contributed by atoms with Gasteiger partial charge < -0.3 is 46.0 Å². The van der Waals surface area contributed by atoms with Crippen LogP contribution in [0.5, 0.6) is 0 Å². The maximum atomic E-state index is 13.2. The average Bonchev–Trinajstić information content (AvgIpc) is 3.67. The van der Waals surface area contributed by atoms with Crippen molar-refractivity contribution in [2.45, 2.75) is 69.6 Å². The molecule has 6 amide bonds. The number of benzene rings is 3. The second-order valence-electron chi connectivity index (χ2n) is 16.9. The second-order valence-corrected chi connectivity index (χ2v) is 16.9. The lowest BCUT2D eigenvalue weighted by Gasteiger charge is -2.37. The molecule has 1 aromatic heterocycles. The van der Waals surface area contributed by atoms with Gasteiger partial charge in [0.2, 0.25) is 17.8 Å². The molecule has 6 N–H and O–H groups in total. The van der Waals surface area contributed by atoms with Gasteiger partial charge in [-0.1, -0.05) is 24.0 Å². The minimum absolute atomic E-state index is 0.0109. The maximum Gasteiger partial charge on any atom is 0.317 e. The molecule has 4 heterocycles. The number of imide groups is 1. The lowest BCUT2D eigenvalue weighted by atomic mass is 9.91. The molecule has 3 fully saturated rings. The molecule has 0 radical (unpaired) electrons. The Labute approximate surface area is 389 Å². The van der Waals surface area contributed by atoms with Gasteiger partial charge in [-0.3, -0.25) is 24.5 Å². The molecule has 18 nitrogen and oxygen atoms in total. The van der Waals surface area contributed by atoms with E-state index < -0.39 is 11.9 Å². The molecule has 4 aromatic rings. The number of nitrogens with one attached hydrogen (secondary N) is 6. The molecule has 346 valence electrons. The van der Waals surface area contributed by atoms with Crippen molar-refractivity contribution in [2.24, 2.45) is 0 Å². The van der Waals surface area contributed by atoms with Crippen molar-refractivity contribution in [3.63, 3.8) is 0 Å². The Morgan fingerprint density at radius 2 is 1.69 bits per heavy atom. The van der Waals surface area contributed by atoms with Gasteiger partial charge in [0, 0.05) is 93.7 Å². The van der Waals surface area contributed by atoms with Crippen LogP contribution in [0.1, 0.15) is 82.4 Å². The summed E-state index contributed by atoms with van der Waals surface area (Å²) in [6.07, 6.45) is 6.36. The van der Waals surface area contributed by atoms with E-state index in [0.717, 1.165) is 54.7 Å². The Morgan fingerprint density at radius 1 is 0.910 bits per heavy atom. The van der Waals surface area contributed by atoms with Gasteiger partial charge >= 0.3 is 6.03 Å². The first kappa shape index (κ1) is 46.0. The number of aromatic nitrogens is 2.